The van der Waals surface area contributed by atoms with Gasteiger partial charge in [-0.15, -0.1) is 0 Å². The number of hydrogen-bond donors (Lipinski definition) is 2. The van der Waals surface area contributed by atoms with Crippen LogP contribution in [0.3, 0.4) is 0 Å². The SMILES string of the molecule is CCCC(O)(CN)c1cc(C)ccn1. The van der Waals surface area contributed by atoms with Crippen molar-refractivity contribution >= 4 is 0 Å². The molecular formula is C11H18N2O. The van der Waals surface area contributed by atoms with Crippen LogP contribution in [0.4, 0.5) is 0 Å². The van der Waals surface area contributed by atoms with Crippen molar-refractivity contribution in [1.82, 2.24) is 4.98 Å². The summed E-state index contributed by atoms with van der Waals surface area (Å²) >= 11 is 0. The monoisotopic (exact) mass is 194 g/mol. The van der Waals surface area contributed by atoms with Crippen molar-refractivity contribution in [3.63, 3.8) is 0 Å². The Morgan fingerprint density at radius 1 is 1.57 bits per heavy atom. The van der Waals surface area contributed by atoms with Crippen molar-refractivity contribution in [1.29, 1.82) is 0 Å². The topological polar surface area (TPSA) is 59.1 Å². The van der Waals surface area contributed by atoms with Gasteiger partial charge in [0.2, 0.25) is 0 Å². The minimum atomic E-state index is -0.958. The molecule has 0 aromatic carbocycles. The van der Waals surface area contributed by atoms with Gasteiger partial charge in [0.15, 0.2) is 0 Å². The second kappa shape index (κ2) is 4.53. The zero-order chi connectivity index (χ0) is 10.6. The van der Waals surface area contributed by atoms with E-state index in [4.69, 9.17) is 5.73 Å². The lowest BCUT2D eigenvalue weighted by Gasteiger charge is -2.25. The predicted molar refractivity (Wildman–Crippen MR) is 56.8 cm³/mol. The van der Waals surface area contributed by atoms with E-state index in [1.165, 1.54) is 0 Å². The van der Waals surface area contributed by atoms with Crippen LogP contribution >= 0.6 is 0 Å². The summed E-state index contributed by atoms with van der Waals surface area (Å²) in [5.74, 6) is 0. The van der Waals surface area contributed by atoms with E-state index in [2.05, 4.69) is 4.98 Å². The highest BCUT2D eigenvalue weighted by molar-refractivity contribution is 5.20. The molecule has 1 rings (SSSR count). The fraction of sp³-hybridized carbons (Fsp3) is 0.545. The first-order chi connectivity index (χ1) is 6.62. The van der Waals surface area contributed by atoms with Gasteiger partial charge < -0.3 is 10.8 Å². The van der Waals surface area contributed by atoms with Gasteiger partial charge in [-0.2, -0.15) is 0 Å². The van der Waals surface area contributed by atoms with Gasteiger partial charge in [-0.05, 0) is 31.0 Å². The van der Waals surface area contributed by atoms with E-state index in [-0.39, 0.29) is 6.54 Å². The molecule has 0 aliphatic heterocycles. The molecule has 0 spiro atoms. The molecule has 0 aliphatic carbocycles. The van der Waals surface area contributed by atoms with Crippen LogP contribution in [0.1, 0.15) is 31.0 Å². The minimum Gasteiger partial charge on any atom is -0.382 e. The third-order valence-corrected chi connectivity index (χ3v) is 2.39. The van der Waals surface area contributed by atoms with E-state index in [0.29, 0.717) is 12.1 Å². The molecule has 1 heterocycles. The summed E-state index contributed by atoms with van der Waals surface area (Å²) in [5, 5.41) is 10.2. The summed E-state index contributed by atoms with van der Waals surface area (Å²) in [6.07, 6.45) is 3.25. The van der Waals surface area contributed by atoms with Gasteiger partial charge in [-0.3, -0.25) is 4.98 Å². The van der Waals surface area contributed by atoms with Crippen molar-refractivity contribution in [2.24, 2.45) is 5.73 Å². The molecule has 0 radical (unpaired) electrons. The van der Waals surface area contributed by atoms with E-state index in [1.807, 2.05) is 26.0 Å². The summed E-state index contributed by atoms with van der Waals surface area (Å²) in [5.41, 5.74) is 6.41. The maximum atomic E-state index is 10.2. The van der Waals surface area contributed by atoms with Crippen LogP contribution in [-0.2, 0) is 5.60 Å². The molecular weight excluding hydrogens is 176 g/mol. The summed E-state index contributed by atoms with van der Waals surface area (Å²) in [7, 11) is 0. The first-order valence-corrected chi connectivity index (χ1v) is 4.98. The minimum absolute atomic E-state index is 0.220. The molecule has 0 amide bonds. The van der Waals surface area contributed by atoms with Crippen LogP contribution in [-0.4, -0.2) is 16.6 Å². The third-order valence-electron chi connectivity index (χ3n) is 2.39. The van der Waals surface area contributed by atoms with Crippen LogP contribution in [0.15, 0.2) is 18.3 Å². The van der Waals surface area contributed by atoms with Crippen LogP contribution in [0.5, 0.6) is 0 Å². The standard InChI is InChI=1S/C11H18N2O/c1-3-5-11(14,8-12)10-7-9(2)4-6-13-10/h4,6-7,14H,3,5,8,12H2,1-2H3. The van der Waals surface area contributed by atoms with Gasteiger partial charge >= 0.3 is 0 Å². The normalized spacial score (nSPS) is 15.1. The molecule has 0 fully saturated rings. The Morgan fingerprint density at radius 2 is 2.29 bits per heavy atom. The maximum Gasteiger partial charge on any atom is 0.119 e. The fourth-order valence-corrected chi connectivity index (χ4v) is 1.54. The fourth-order valence-electron chi connectivity index (χ4n) is 1.54. The molecule has 0 saturated carbocycles. The molecule has 1 atom stereocenters. The average Bonchev–Trinajstić information content (AvgIpc) is 2.18. The highest BCUT2D eigenvalue weighted by Crippen LogP contribution is 2.23. The Labute approximate surface area is 85.0 Å². The molecule has 14 heavy (non-hydrogen) atoms. The summed E-state index contributed by atoms with van der Waals surface area (Å²) in [6, 6.07) is 3.80. The van der Waals surface area contributed by atoms with Gasteiger partial charge in [0, 0.05) is 12.7 Å². The molecule has 1 aromatic rings. The smallest absolute Gasteiger partial charge is 0.119 e. The molecule has 1 unspecified atom stereocenters. The molecule has 78 valence electrons. The number of aryl methyl sites for hydroxylation is 1. The van der Waals surface area contributed by atoms with E-state index >= 15 is 0 Å². The van der Waals surface area contributed by atoms with Crippen molar-refractivity contribution < 1.29 is 5.11 Å². The molecule has 3 N–H and O–H groups in total. The number of hydrogen-bond acceptors (Lipinski definition) is 3. The van der Waals surface area contributed by atoms with Gasteiger partial charge in [0.1, 0.15) is 5.60 Å². The lowest BCUT2D eigenvalue weighted by molar-refractivity contribution is 0.0315. The largest absolute Gasteiger partial charge is 0.382 e. The van der Waals surface area contributed by atoms with E-state index in [1.54, 1.807) is 6.20 Å². The molecule has 0 aliphatic rings. The third kappa shape index (κ3) is 2.30. The zero-order valence-electron chi connectivity index (χ0n) is 8.83. The van der Waals surface area contributed by atoms with Crippen LogP contribution in [0, 0.1) is 6.92 Å². The predicted octanol–water partition coefficient (Wildman–Crippen LogP) is 1.34. The first kappa shape index (κ1) is 11.1. The second-order valence-electron chi connectivity index (χ2n) is 3.70. The number of nitrogens with two attached hydrogens (primary N) is 1. The van der Waals surface area contributed by atoms with Crippen LogP contribution < -0.4 is 5.73 Å². The summed E-state index contributed by atoms with van der Waals surface area (Å²) < 4.78 is 0. The number of aromatic nitrogens is 1. The number of nitrogens with zero attached hydrogens (tertiary/aromatic N) is 1. The average molecular weight is 194 g/mol. The molecule has 1 aromatic heterocycles. The van der Waals surface area contributed by atoms with E-state index in [9.17, 15) is 5.11 Å². The van der Waals surface area contributed by atoms with Gasteiger partial charge in [-0.25, -0.2) is 0 Å². The zero-order valence-corrected chi connectivity index (χ0v) is 8.83. The van der Waals surface area contributed by atoms with Crippen molar-refractivity contribution in [2.45, 2.75) is 32.3 Å². The first-order valence-electron chi connectivity index (χ1n) is 4.98. The summed E-state index contributed by atoms with van der Waals surface area (Å²) in [4.78, 5) is 4.17. The van der Waals surface area contributed by atoms with Crippen molar-refractivity contribution in [3.8, 4) is 0 Å². The molecule has 0 saturated heterocycles. The number of aliphatic hydroxyl groups is 1. The Bertz CT molecular complexity index is 301. The van der Waals surface area contributed by atoms with E-state index < -0.39 is 5.60 Å². The Balaban J connectivity index is 2.99. The lowest BCUT2D eigenvalue weighted by atomic mass is 9.93. The Morgan fingerprint density at radius 3 is 2.79 bits per heavy atom. The number of rotatable bonds is 4. The lowest BCUT2D eigenvalue weighted by Crippen LogP contribution is -2.35. The van der Waals surface area contributed by atoms with Crippen molar-refractivity contribution in [2.75, 3.05) is 6.54 Å². The Hall–Kier alpha value is -0.930. The molecule has 3 heteroatoms. The van der Waals surface area contributed by atoms with E-state index in [0.717, 1.165) is 12.0 Å². The number of pyridine rings is 1. The van der Waals surface area contributed by atoms with Gasteiger partial charge in [0.25, 0.3) is 0 Å². The summed E-state index contributed by atoms with van der Waals surface area (Å²) in [6.45, 7) is 4.22. The molecule has 3 nitrogen and oxygen atoms in total. The van der Waals surface area contributed by atoms with Crippen LogP contribution in [0.25, 0.3) is 0 Å². The van der Waals surface area contributed by atoms with Crippen LogP contribution in [0.2, 0.25) is 0 Å². The van der Waals surface area contributed by atoms with Gasteiger partial charge in [-0.1, -0.05) is 13.3 Å². The highest BCUT2D eigenvalue weighted by Gasteiger charge is 2.27. The Kier molecular flexibility index (Phi) is 3.61. The second-order valence-corrected chi connectivity index (χ2v) is 3.70. The van der Waals surface area contributed by atoms with Gasteiger partial charge in [0.05, 0.1) is 5.69 Å². The van der Waals surface area contributed by atoms with Crippen molar-refractivity contribution in [3.05, 3.63) is 29.6 Å². The highest BCUT2D eigenvalue weighted by atomic mass is 16.3. The molecule has 0 bridgehead atoms. The maximum absolute atomic E-state index is 10.2. The quantitative estimate of drug-likeness (QED) is 0.760.